The zero-order chi connectivity index (χ0) is 14.2. The van der Waals surface area contributed by atoms with Gasteiger partial charge >= 0.3 is 18.1 Å². The molecule has 2 rings (SSSR count). The van der Waals surface area contributed by atoms with Crippen LogP contribution in [0.2, 0.25) is 0 Å². The van der Waals surface area contributed by atoms with Gasteiger partial charge in [0.2, 0.25) is 0 Å². The van der Waals surface area contributed by atoms with Gasteiger partial charge in [-0.1, -0.05) is 0 Å². The van der Waals surface area contributed by atoms with Gasteiger partial charge in [0.25, 0.3) is 0 Å². The van der Waals surface area contributed by atoms with Crippen LogP contribution in [0.5, 0.6) is 0 Å². The molecule has 2 heterocycles. The first kappa shape index (κ1) is 14.2. The highest BCUT2D eigenvalue weighted by molar-refractivity contribution is 7.99. The van der Waals surface area contributed by atoms with Gasteiger partial charge in [0.15, 0.2) is 0 Å². The summed E-state index contributed by atoms with van der Waals surface area (Å²) in [5.74, 6) is -3.60. The average molecular weight is 311 g/mol. The summed E-state index contributed by atoms with van der Waals surface area (Å²) in [6.07, 6.45) is -5.08. The Hall–Kier alpha value is -1.22. The first-order chi connectivity index (χ1) is 8.82. The van der Waals surface area contributed by atoms with Crippen molar-refractivity contribution in [3.63, 3.8) is 0 Å². The molecule has 0 aliphatic carbocycles. The van der Waals surface area contributed by atoms with E-state index in [1.54, 1.807) is 16.8 Å². The van der Waals surface area contributed by atoms with Crippen LogP contribution in [-0.4, -0.2) is 39.9 Å². The van der Waals surface area contributed by atoms with Gasteiger partial charge in [-0.05, 0) is 22.4 Å². The van der Waals surface area contributed by atoms with Crippen LogP contribution in [0, 0.1) is 0 Å². The summed E-state index contributed by atoms with van der Waals surface area (Å²) < 4.78 is 37.7. The Morgan fingerprint density at radius 3 is 2.58 bits per heavy atom. The van der Waals surface area contributed by atoms with E-state index in [4.69, 9.17) is 5.11 Å². The molecule has 19 heavy (non-hydrogen) atoms. The van der Waals surface area contributed by atoms with Crippen LogP contribution >= 0.6 is 23.1 Å². The molecule has 1 aromatic heterocycles. The van der Waals surface area contributed by atoms with E-state index in [0.717, 1.165) is 11.8 Å². The molecular weight excluding hydrogens is 303 g/mol. The molecule has 0 spiro atoms. The molecule has 1 N–H and O–H groups in total. The van der Waals surface area contributed by atoms with Crippen LogP contribution in [0.1, 0.15) is 10.9 Å². The molecule has 1 amide bonds. The number of rotatable bonds is 2. The van der Waals surface area contributed by atoms with Crippen molar-refractivity contribution in [2.24, 2.45) is 0 Å². The highest BCUT2D eigenvalue weighted by Crippen LogP contribution is 2.43. The predicted molar refractivity (Wildman–Crippen MR) is 63.8 cm³/mol. The molecule has 2 unspecified atom stereocenters. The molecular formula is C10H8F3NO3S2. The Labute approximate surface area is 114 Å². The fraction of sp³-hybridized carbons (Fsp3) is 0.400. The second-order valence-corrected chi connectivity index (χ2v) is 5.70. The standard InChI is InChI=1S/C10H8F3NO3S2/c11-10(12,13)9(17)14-6(8(15)16)4-19-7(14)5-1-2-18-3-5/h1-3,6-7H,4H2,(H,15,16). The normalized spacial score (nSPS) is 23.6. The number of hydrogen-bond acceptors (Lipinski definition) is 4. The van der Waals surface area contributed by atoms with Gasteiger partial charge in [-0.2, -0.15) is 24.5 Å². The summed E-state index contributed by atoms with van der Waals surface area (Å²) in [6, 6.07) is 0.132. The number of amides is 1. The molecule has 0 radical (unpaired) electrons. The van der Waals surface area contributed by atoms with E-state index in [0.29, 0.717) is 10.5 Å². The molecule has 1 aliphatic heterocycles. The Balaban J connectivity index is 2.35. The Morgan fingerprint density at radius 1 is 1.42 bits per heavy atom. The monoisotopic (exact) mass is 311 g/mol. The van der Waals surface area contributed by atoms with Crippen molar-refractivity contribution in [3.05, 3.63) is 22.4 Å². The van der Waals surface area contributed by atoms with Gasteiger partial charge in [-0.25, -0.2) is 4.79 Å². The van der Waals surface area contributed by atoms with Crippen molar-refractivity contribution in [2.75, 3.05) is 5.75 Å². The van der Waals surface area contributed by atoms with Crippen LogP contribution in [0.3, 0.4) is 0 Å². The molecule has 4 nitrogen and oxygen atoms in total. The first-order valence-electron chi connectivity index (χ1n) is 5.08. The molecule has 0 bridgehead atoms. The van der Waals surface area contributed by atoms with Crippen molar-refractivity contribution in [1.82, 2.24) is 4.90 Å². The minimum atomic E-state index is -5.08. The summed E-state index contributed by atoms with van der Waals surface area (Å²) in [5, 5.41) is 11.3. The van der Waals surface area contributed by atoms with Gasteiger partial charge < -0.3 is 10.0 Å². The zero-order valence-corrected chi connectivity index (χ0v) is 10.9. The third kappa shape index (κ3) is 2.71. The van der Waals surface area contributed by atoms with Crippen molar-refractivity contribution in [3.8, 4) is 0 Å². The van der Waals surface area contributed by atoms with Crippen molar-refractivity contribution >= 4 is 35.0 Å². The molecule has 9 heteroatoms. The fourth-order valence-corrected chi connectivity index (χ4v) is 3.94. The van der Waals surface area contributed by atoms with E-state index < -0.39 is 29.5 Å². The number of aliphatic carboxylic acids is 1. The van der Waals surface area contributed by atoms with Gasteiger partial charge in [0, 0.05) is 5.75 Å². The lowest BCUT2D eigenvalue weighted by Gasteiger charge is -2.27. The lowest BCUT2D eigenvalue weighted by atomic mass is 10.2. The number of carboxylic acid groups (broad SMARTS) is 1. The van der Waals surface area contributed by atoms with Gasteiger partial charge in [-0.3, -0.25) is 4.79 Å². The summed E-state index contributed by atoms with van der Waals surface area (Å²) >= 11 is 2.30. The van der Waals surface area contributed by atoms with Gasteiger partial charge in [0.05, 0.1) is 0 Å². The Bertz CT molecular complexity index is 489. The summed E-state index contributed by atoms with van der Waals surface area (Å²) in [4.78, 5) is 22.8. The van der Waals surface area contributed by atoms with E-state index in [1.165, 1.54) is 11.3 Å². The number of thiophene rings is 1. The maximum atomic E-state index is 12.6. The summed E-state index contributed by atoms with van der Waals surface area (Å²) in [6.45, 7) is 0. The molecule has 1 saturated heterocycles. The SMILES string of the molecule is O=C(O)C1CSC(c2ccsc2)N1C(=O)C(F)(F)F. The predicted octanol–water partition coefficient (Wildman–Crippen LogP) is 2.34. The third-order valence-electron chi connectivity index (χ3n) is 2.59. The van der Waals surface area contributed by atoms with Crippen LogP contribution in [0.4, 0.5) is 13.2 Å². The number of alkyl halides is 3. The molecule has 0 aromatic carbocycles. The van der Waals surface area contributed by atoms with Crippen molar-refractivity contribution in [1.29, 1.82) is 0 Å². The van der Waals surface area contributed by atoms with Crippen LogP contribution in [-0.2, 0) is 9.59 Å². The second kappa shape index (κ2) is 5.04. The minimum absolute atomic E-state index is 0.0579. The number of nitrogens with zero attached hydrogens (tertiary/aromatic N) is 1. The summed E-state index contributed by atoms with van der Waals surface area (Å²) in [7, 11) is 0. The highest BCUT2D eigenvalue weighted by atomic mass is 32.2. The second-order valence-electron chi connectivity index (χ2n) is 3.81. The average Bonchev–Trinajstić information content (AvgIpc) is 2.94. The topological polar surface area (TPSA) is 57.6 Å². The lowest BCUT2D eigenvalue weighted by Crippen LogP contribution is -2.48. The van der Waals surface area contributed by atoms with Gasteiger partial charge in [0.1, 0.15) is 11.4 Å². The minimum Gasteiger partial charge on any atom is -0.480 e. The van der Waals surface area contributed by atoms with E-state index in [1.807, 2.05) is 0 Å². The molecule has 2 atom stereocenters. The maximum Gasteiger partial charge on any atom is 0.471 e. The molecule has 1 aromatic rings. The van der Waals surface area contributed by atoms with Crippen molar-refractivity contribution in [2.45, 2.75) is 17.6 Å². The molecule has 1 aliphatic rings. The number of hydrogen-bond donors (Lipinski definition) is 1. The van der Waals surface area contributed by atoms with E-state index in [9.17, 15) is 22.8 Å². The number of carbonyl (C=O) groups excluding carboxylic acids is 1. The number of thioether (sulfide) groups is 1. The Kier molecular flexibility index (Phi) is 3.77. The lowest BCUT2D eigenvalue weighted by molar-refractivity contribution is -0.189. The van der Waals surface area contributed by atoms with E-state index in [-0.39, 0.29) is 5.75 Å². The number of carboxylic acids is 1. The quantitative estimate of drug-likeness (QED) is 0.911. The summed E-state index contributed by atoms with van der Waals surface area (Å²) in [5.41, 5.74) is 0.511. The van der Waals surface area contributed by atoms with E-state index >= 15 is 0 Å². The molecule has 104 valence electrons. The zero-order valence-electron chi connectivity index (χ0n) is 9.26. The molecule has 1 fully saturated rings. The van der Waals surface area contributed by atoms with E-state index in [2.05, 4.69) is 0 Å². The van der Waals surface area contributed by atoms with Crippen LogP contribution in [0.15, 0.2) is 16.8 Å². The third-order valence-corrected chi connectivity index (χ3v) is 4.62. The molecule has 0 saturated carbocycles. The van der Waals surface area contributed by atoms with Crippen molar-refractivity contribution < 1.29 is 27.9 Å². The fourth-order valence-electron chi connectivity index (χ4n) is 1.76. The number of carbonyl (C=O) groups is 2. The van der Waals surface area contributed by atoms with Crippen LogP contribution in [0.25, 0.3) is 0 Å². The maximum absolute atomic E-state index is 12.6. The van der Waals surface area contributed by atoms with Crippen LogP contribution < -0.4 is 0 Å². The van der Waals surface area contributed by atoms with Gasteiger partial charge in [-0.15, -0.1) is 11.8 Å². The largest absolute Gasteiger partial charge is 0.480 e. The Morgan fingerprint density at radius 2 is 2.11 bits per heavy atom. The smallest absolute Gasteiger partial charge is 0.471 e. The first-order valence-corrected chi connectivity index (χ1v) is 7.07. The highest BCUT2D eigenvalue weighted by Gasteiger charge is 2.52. The number of halogens is 3.